The zero-order valence-corrected chi connectivity index (χ0v) is 13.7. The highest BCUT2D eigenvalue weighted by molar-refractivity contribution is 7.98. The fourth-order valence-electron chi connectivity index (χ4n) is 2.35. The van der Waals surface area contributed by atoms with E-state index in [0.717, 1.165) is 10.2 Å². The van der Waals surface area contributed by atoms with Crippen LogP contribution in [0.5, 0.6) is 0 Å². The van der Waals surface area contributed by atoms with Crippen LogP contribution in [0.2, 0.25) is 0 Å². The molecule has 0 amide bonds. The number of aryl methyl sites for hydroxylation is 2. The number of aromatic nitrogens is 2. The molecule has 0 aliphatic heterocycles. The molecule has 3 rings (SSSR count). The van der Waals surface area contributed by atoms with E-state index in [0.29, 0.717) is 21.8 Å². The third-order valence-corrected chi connectivity index (χ3v) is 4.69. The molecule has 1 aromatic heterocycles. The van der Waals surface area contributed by atoms with Crippen LogP contribution >= 0.6 is 11.8 Å². The second-order valence-electron chi connectivity index (χ2n) is 5.45. The summed E-state index contributed by atoms with van der Waals surface area (Å²) in [4.78, 5) is 16.6. The summed E-state index contributed by atoms with van der Waals surface area (Å²) < 4.78 is 14.4. The normalized spacial score (nSPS) is 11.1. The number of rotatable bonds is 3. The molecule has 0 radical (unpaired) electrons. The molecule has 0 saturated carbocycles. The van der Waals surface area contributed by atoms with Crippen molar-refractivity contribution in [2.45, 2.75) is 24.8 Å². The summed E-state index contributed by atoms with van der Waals surface area (Å²) in [6.45, 7) is 4.07. The number of nitrogens with zero attached hydrogens (tertiary/aromatic N) is 2. The highest BCUT2D eigenvalue weighted by atomic mass is 32.2. The van der Waals surface area contributed by atoms with Crippen LogP contribution in [0.4, 0.5) is 4.39 Å². The number of nitrogens with two attached hydrogens (primary N) is 1. The molecule has 0 spiro atoms. The molecule has 118 valence electrons. The van der Waals surface area contributed by atoms with E-state index < -0.39 is 5.82 Å². The number of benzene rings is 2. The predicted molar refractivity (Wildman–Crippen MR) is 91.6 cm³/mol. The lowest BCUT2D eigenvalue weighted by atomic mass is 10.1. The van der Waals surface area contributed by atoms with Gasteiger partial charge in [0.05, 0.1) is 10.9 Å². The molecule has 0 saturated heterocycles. The summed E-state index contributed by atoms with van der Waals surface area (Å²) in [5.41, 5.74) is 3.44. The first-order chi connectivity index (χ1) is 11.0. The van der Waals surface area contributed by atoms with Crippen LogP contribution in [0.15, 0.2) is 46.3 Å². The molecule has 3 aromatic rings. The lowest BCUT2D eigenvalue weighted by Crippen LogP contribution is -2.29. The minimum atomic E-state index is -0.426. The van der Waals surface area contributed by atoms with E-state index >= 15 is 0 Å². The van der Waals surface area contributed by atoms with Crippen LogP contribution in [-0.4, -0.2) is 9.66 Å². The van der Waals surface area contributed by atoms with E-state index in [-0.39, 0.29) is 5.56 Å². The molecule has 0 unspecified atom stereocenters. The highest BCUT2D eigenvalue weighted by Gasteiger charge is 2.11. The maximum atomic E-state index is 13.4. The van der Waals surface area contributed by atoms with Crippen LogP contribution in [0.25, 0.3) is 10.9 Å². The van der Waals surface area contributed by atoms with E-state index in [1.807, 2.05) is 13.8 Å². The van der Waals surface area contributed by atoms with E-state index in [1.165, 1.54) is 41.1 Å². The van der Waals surface area contributed by atoms with Crippen LogP contribution in [-0.2, 0) is 5.75 Å². The molecule has 2 aromatic carbocycles. The van der Waals surface area contributed by atoms with Gasteiger partial charge in [-0.2, -0.15) is 0 Å². The van der Waals surface area contributed by atoms with Gasteiger partial charge in [0.25, 0.3) is 5.56 Å². The lowest BCUT2D eigenvalue weighted by Gasteiger charge is -2.10. The van der Waals surface area contributed by atoms with Gasteiger partial charge < -0.3 is 5.84 Å². The summed E-state index contributed by atoms with van der Waals surface area (Å²) in [6.07, 6.45) is 0. The molecule has 0 aliphatic carbocycles. The highest BCUT2D eigenvalue weighted by Crippen LogP contribution is 2.23. The first-order valence-corrected chi connectivity index (χ1v) is 8.10. The Morgan fingerprint density at radius 3 is 2.78 bits per heavy atom. The van der Waals surface area contributed by atoms with Gasteiger partial charge in [0.2, 0.25) is 0 Å². The number of halogens is 1. The standard InChI is InChI=1S/C17H16FN3OS/c1-10-3-4-11(2)12(7-10)9-23-17-20-15-8-13(18)5-6-14(15)16(22)21(17)19/h3-8H,9,19H2,1-2H3. The maximum absolute atomic E-state index is 13.4. The summed E-state index contributed by atoms with van der Waals surface area (Å²) in [7, 11) is 0. The monoisotopic (exact) mass is 329 g/mol. The Morgan fingerprint density at radius 1 is 1.22 bits per heavy atom. The van der Waals surface area contributed by atoms with Gasteiger partial charge in [0, 0.05) is 11.8 Å². The van der Waals surface area contributed by atoms with Gasteiger partial charge in [-0.15, -0.1) is 0 Å². The maximum Gasteiger partial charge on any atom is 0.280 e. The van der Waals surface area contributed by atoms with E-state index in [4.69, 9.17) is 5.84 Å². The number of hydrogen-bond donors (Lipinski definition) is 1. The van der Waals surface area contributed by atoms with Crippen molar-refractivity contribution in [3.8, 4) is 0 Å². The smallest absolute Gasteiger partial charge is 0.280 e. The Labute approximate surface area is 137 Å². The number of nitrogen functional groups attached to an aromatic ring is 1. The van der Waals surface area contributed by atoms with Crippen molar-refractivity contribution >= 4 is 22.7 Å². The summed E-state index contributed by atoms with van der Waals surface area (Å²) in [5, 5.41) is 0.680. The summed E-state index contributed by atoms with van der Waals surface area (Å²) in [5.74, 6) is 6.06. The zero-order valence-electron chi connectivity index (χ0n) is 12.8. The van der Waals surface area contributed by atoms with Crippen molar-refractivity contribution in [1.29, 1.82) is 0 Å². The van der Waals surface area contributed by atoms with Gasteiger partial charge in [-0.05, 0) is 37.1 Å². The fourth-order valence-corrected chi connectivity index (χ4v) is 3.33. The van der Waals surface area contributed by atoms with Crippen LogP contribution in [0.1, 0.15) is 16.7 Å². The molecule has 4 nitrogen and oxygen atoms in total. The molecule has 0 atom stereocenters. The third kappa shape index (κ3) is 3.07. The van der Waals surface area contributed by atoms with E-state index in [2.05, 4.69) is 23.2 Å². The molecular formula is C17H16FN3OS. The zero-order chi connectivity index (χ0) is 16.6. The average Bonchev–Trinajstić information content (AvgIpc) is 2.52. The van der Waals surface area contributed by atoms with Crippen LogP contribution in [0.3, 0.4) is 0 Å². The Hall–Kier alpha value is -2.34. The largest absolute Gasteiger partial charge is 0.334 e. The van der Waals surface area contributed by atoms with Gasteiger partial charge in [-0.1, -0.05) is 35.5 Å². The van der Waals surface area contributed by atoms with E-state index in [9.17, 15) is 9.18 Å². The van der Waals surface area contributed by atoms with E-state index in [1.54, 1.807) is 0 Å². The molecule has 6 heteroatoms. The van der Waals surface area contributed by atoms with Gasteiger partial charge in [-0.25, -0.2) is 14.1 Å². The number of hydrogen-bond acceptors (Lipinski definition) is 4. The second-order valence-corrected chi connectivity index (χ2v) is 6.39. The minimum absolute atomic E-state index is 0.310. The molecule has 0 bridgehead atoms. The van der Waals surface area contributed by atoms with Crippen molar-refractivity contribution < 1.29 is 4.39 Å². The van der Waals surface area contributed by atoms with Crippen molar-refractivity contribution in [1.82, 2.24) is 9.66 Å². The Balaban J connectivity index is 1.98. The van der Waals surface area contributed by atoms with Gasteiger partial charge in [-0.3, -0.25) is 4.79 Å². The fraction of sp³-hybridized carbons (Fsp3) is 0.176. The SMILES string of the molecule is Cc1ccc(C)c(CSc2nc3cc(F)ccc3c(=O)n2N)c1. The van der Waals surface area contributed by atoms with Crippen molar-refractivity contribution in [3.63, 3.8) is 0 Å². The summed E-state index contributed by atoms with van der Waals surface area (Å²) >= 11 is 1.36. The van der Waals surface area contributed by atoms with Crippen molar-refractivity contribution in [2.24, 2.45) is 0 Å². The minimum Gasteiger partial charge on any atom is -0.334 e. The van der Waals surface area contributed by atoms with Crippen LogP contribution < -0.4 is 11.4 Å². The lowest BCUT2D eigenvalue weighted by molar-refractivity contribution is 0.628. The Morgan fingerprint density at radius 2 is 2.00 bits per heavy atom. The Bertz CT molecular complexity index is 952. The van der Waals surface area contributed by atoms with Crippen LogP contribution in [0, 0.1) is 19.7 Å². The first-order valence-electron chi connectivity index (χ1n) is 7.12. The molecule has 23 heavy (non-hydrogen) atoms. The number of thioether (sulfide) groups is 1. The summed E-state index contributed by atoms with van der Waals surface area (Å²) in [6, 6.07) is 10.1. The molecular weight excluding hydrogens is 313 g/mol. The topological polar surface area (TPSA) is 60.9 Å². The molecule has 0 fully saturated rings. The van der Waals surface area contributed by atoms with Gasteiger partial charge in [0.15, 0.2) is 5.16 Å². The van der Waals surface area contributed by atoms with Gasteiger partial charge in [0.1, 0.15) is 5.82 Å². The average molecular weight is 329 g/mol. The van der Waals surface area contributed by atoms with Gasteiger partial charge >= 0.3 is 0 Å². The van der Waals surface area contributed by atoms with Crippen molar-refractivity contribution in [3.05, 3.63) is 69.3 Å². The Kier molecular flexibility index (Phi) is 4.09. The quantitative estimate of drug-likeness (QED) is 0.455. The number of fused-ring (bicyclic) bond motifs is 1. The first kappa shape index (κ1) is 15.6. The third-order valence-electron chi connectivity index (χ3n) is 3.69. The molecule has 2 N–H and O–H groups in total. The molecule has 1 heterocycles. The second kappa shape index (κ2) is 6.04. The van der Waals surface area contributed by atoms with Crippen molar-refractivity contribution in [2.75, 3.05) is 5.84 Å². The predicted octanol–water partition coefficient (Wildman–Crippen LogP) is 3.16. The molecule has 0 aliphatic rings.